The average molecular weight is 484 g/mol. The fourth-order valence-electron chi connectivity index (χ4n) is 2.54. The molecule has 2 N–H and O–H groups in total. The van der Waals surface area contributed by atoms with E-state index in [1.165, 1.54) is 12.8 Å². The molecule has 27 heavy (non-hydrogen) atoms. The van der Waals surface area contributed by atoms with Gasteiger partial charge in [-0.1, -0.05) is 37.2 Å². The van der Waals surface area contributed by atoms with Gasteiger partial charge in [0.15, 0.2) is 11.7 Å². The summed E-state index contributed by atoms with van der Waals surface area (Å²) >= 11 is 0. The van der Waals surface area contributed by atoms with Gasteiger partial charge >= 0.3 is 0 Å². The predicted molar refractivity (Wildman–Crippen MR) is 118 cm³/mol. The van der Waals surface area contributed by atoms with Crippen LogP contribution >= 0.6 is 24.0 Å². The van der Waals surface area contributed by atoms with Crippen LogP contribution in [0.3, 0.4) is 0 Å². The second kappa shape index (κ2) is 10.5. The Morgan fingerprint density at radius 1 is 1.26 bits per heavy atom. The lowest BCUT2D eigenvalue weighted by Gasteiger charge is -2.14. The van der Waals surface area contributed by atoms with Crippen LogP contribution in [0.4, 0.5) is 0 Å². The standard InChI is InChI=1S/C20H28N4O2.HI/c1-14(2)18-10-17(26-24-18)12-23-20(21-3)22-11-16-6-4-5-7-19(16)25-13-15-8-9-15;/h4-7,10,14-15H,8-9,11-13H2,1-3H3,(H2,21,22,23);1H. The molecule has 1 aromatic heterocycles. The van der Waals surface area contributed by atoms with E-state index >= 15 is 0 Å². The maximum Gasteiger partial charge on any atom is 0.191 e. The number of hydrogen-bond donors (Lipinski definition) is 2. The Labute approximate surface area is 178 Å². The van der Waals surface area contributed by atoms with Crippen molar-refractivity contribution in [2.45, 2.75) is 45.7 Å². The third-order valence-electron chi connectivity index (χ3n) is 4.41. The summed E-state index contributed by atoms with van der Waals surface area (Å²) in [6.45, 7) is 6.19. The molecule has 1 aliphatic rings. The van der Waals surface area contributed by atoms with E-state index in [0.29, 0.717) is 25.0 Å². The van der Waals surface area contributed by atoms with E-state index in [0.717, 1.165) is 35.3 Å². The Morgan fingerprint density at radius 3 is 2.67 bits per heavy atom. The first-order valence-corrected chi connectivity index (χ1v) is 9.26. The number of benzene rings is 1. The molecular weight excluding hydrogens is 455 g/mol. The minimum atomic E-state index is 0. The molecule has 0 saturated heterocycles. The largest absolute Gasteiger partial charge is 0.493 e. The van der Waals surface area contributed by atoms with Crippen LogP contribution in [0, 0.1) is 5.92 Å². The fourth-order valence-corrected chi connectivity index (χ4v) is 2.54. The van der Waals surface area contributed by atoms with Crippen LogP contribution < -0.4 is 15.4 Å². The number of aliphatic imine (C=N–C) groups is 1. The van der Waals surface area contributed by atoms with Crippen LogP contribution in [0.15, 0.2) is 39.8 Å². The third-order valence-corrected chi connectivity index (χ3v) is 4.41. The smallest absolute Gasteiger partial charge is 0.191 e. The summed E-state index contributed by atoms with van der Waals surface area (Å²) in [5.41, 5.74) is 2.09. The van der Waals surface area contributed by atoms with Crippen LogP contribution in [0.2, 0.25) is 0 Å². The fraction of sp³-hybridized carbons (Fsp3) is 0.500. The van der Waals surface area contributed by atoms with E-state index in [9.17, 15) is 0 Å². The molecule has 0 unspecified atom stereocenters. The minimum absolute atomic E-state index is 0. The van der Waals surface area contributed by atoms with Crippen LogP contribution in [0.25, 0.3) is 0 Å². The Hall–Kier alpha value is -1.77. The summed E-state index contributed by atoms with van der Waals surface area (Å²) in [6.07, 6.45) is 2.58. The second-order valence-electron chi connectivity index (χ2n) is 7.01. The molecule has 6 nitrogen and oxygen atoms in total. The van der Waals surface area contributed by atoms with Crippen molar-refractivity contribution in [1.82, 2.24) is 15.8 Å². The van der Waals surface area contributed by atoms with Gasteiger partial charge in [0, 0.05) is 25.2 Å². The molecule has 0 amide bonds. The summed E-state index contributed by atoms with van der Waals surface area (Å²) < 4.78 is 11.3. The maximum atomic E-state index is 5.96. The minimum Gasteiger partial charge on any atom is -0.493 e. The highest BCUT2D eigenvalue weighted by Crippen LogP contribution is 2.30. The van der Waals surface area contributed by atoms with Gasteiger partial charge in [0.1, 0.15) is 5.75 Å². The zero-order valence-corrected chi connectivity index (χ0v) is 18.5. The molecule has 1 fully saturated rings. The van der Waals surface area contributed by atoms with Gasteiger partial charge in [-0.15, -0.1) is 24.0 Å². The van der Waals surface area contributed by atoms with Crippen molar-refractivity contribution >= 4 is 29.9 Å². The Balaban J connectivity index is 0.00000261. The van der Waals surface area contributed by atoms with E-state index in [1.54, 1.807) is 7.05 Å². The van der Waals surface area contributed by atoms with Gasteiger partial charge < -0.3 is 19.9 Å². The maximum absolute atomic E-state index is 5.96. The molecule has 1 aromatic carbocycles. The van der Waals surface area contributed by atoms with Gasteiger partial charge in [-0.2, -0.15) is 0 Å². The highest BCUT2D eigenvalue weighted by atomic mass is 127. The molecule has 0 radical (unpaired) electrons. The van der Waals surface area contributed by atoms with E-state index in [4.69, 9.17) is 9.26 Å². The SMILES string of the molecule is CN=C(NCc1cc(C(C)C)no1)NCc1ccccc1OCC1CC1.I. The number of rotatable bonds is 8. The van der Waals surface area contributed by atoms with Gasteiger partial charge in [-0.25, -0.2) is 0 Å². The van der Waals surface area contributed by atoms with E-state index < -0.39 is 0 Å². The zero-order chi connectivity index (χ0) is 18.4. The normalized spacial score (nSPS) is 14.0. The van der Waals surface area contributed by atoms with Crippen molar-refractivity contribution in [3.05, 3.63) is 47.3 Å². The quantitative estimate of drug-likeness (QED) is 0.336. The molecule has 148 valence electrons. The van der Waals surface area contributed by atoms with Crippen molar-refractivity contribution in [2.24, 2.45) is 10.9 Å². The first-order valence-electron chi connectivity index (χ1n) is 9.26. The number of nitrogens with zero attached hydrogens (tertiary/aromatic N) is 2. The number of para-hydroxylation sites is 1. The molecule has 0 aliphatic heterocycles. The first kappa shape index (κ1) is 21.5. The topological polar surface area (TPSA) is 71.7 Å². The summed E-state index contributed by atoms with van der Waals surface area (Å²) in [5, 5.41) is 10.7. The Bertz CT molecular complexity index is 741. The van der Waals surface area contributed by atoms with Gasteiger partial charge in [0.05, 0.1) is 18.8 Å². The van der Waals surface area contributed by atoms with E-state index in [-0.39, 0.29) is 24.0 Å². The molecule has 2 aromatic rings. The zero-order valence-electron chi connectivity index (χ0n) is 16.2. The number of nitrogens with one attached hydrogen (secondary N) is 2. The highest BCUT2D eigenvalue weighted by Gasteiger charge is 2.22. The van der Waals surface area contributed by atoms with Crippen molar-refractivity contribution in [3.8, 4) is 5.75 Å². The van der Waals surface area contributed by atoms with Gasteiger partial charge in [-0.05, 0) is 30.7 Å². The van der Waals surface area contributed by atoms with E-state index in [1.807, 2.05) is 24.3 Å². The molecule has 7 heteroatoms. The van der Waals surface area contributed by atoms with Crippen LogP contribution in [-0.4, -0.2) is 24.8 Å². The second-order valence-corrected chi connectivity index (χ2v) is 7.01. The van der Waals surface area contributed by atoms with Crippen molar-refractivity contribution in [3.63, 3.8) is 0 Å². The molecule has 1 aliphatic carbocycles. The lowest BCUT2D eigenvalue weighted by molar-refractivity contribution is 0.296. The molecule has 0 atom stereocenters. The average Bonchev–Trinajstić information content (AvgIpc) is 3.36. The molecule has 1 heterocycles. The van der Waals surface area contributed by atoms with Gasteiger partial charge in [0.25, 0.3) is 0 Å². The number of guanidine groups is 1. The van der Waals surface area contributed by atoms with Crippen LogP contribution in [0.1, 0.15) is 49.6 Å². The predicted octanol–water partition coefficient (Wildman–Crippen LogP) is 4.07. The molecule has 1 saturated carbocycles. The highest BCUT2D eigenvalue weighted by molar-refractivity contribution is 14.0. The number of ether oxygens (including phenoxy) is 1. The van der Waals surface area contributed by atoms with Crippen LogP contribution in [0.5, 0.6) is 5.75 Å². The van der Waals surface area contributed by atoms with E-state index in [2.05, 4.69) is 40.7 Å². The first-order chi connectivity index (χ1) is 12.7. The van der Waals surface area contributed by atoms with Gasteiger partial charge in [-0.3, -0.25) is 4.99 Å². The number of aromatic nitrogens is 1. The summed E-state index contributed by atoms with van der Waals surface area (Å²) in [6, 6.07) is 10.1. The monoisotopic (exact) mass is 484 g/mol. The lowest BCUT2D eigenvalue weighted by atomic mass is 10.1. The molecule has 0 spiro atoms. The summed E-state index contributed by atoms with van der Waals surface area (Å²) in [4.78, 5) is 4.27. The summed E-state index contributed by atoms with van der Waals surface area (Å²) in [7, 11) is 1.75. The Kier molecular flexibility index (Phi) is 8.40. The summed E-state index contributed by atoms with van der Waals surface area (Å²) in [5.74, 6) is 3.55. The lowest BCUT2D eigenvalue weighted by Crippen LogP contribution is -2.36. The third kappa shape index (κ3) is 6.71. The van der Waals surface area contributed by atoms with Crippen LogP contribution in [-0.2, 0) is 13.1 Å². The Morgan fingerprint density at radius 2 is 2.00 bits per heavy atom. The number of hydrogen-bond acceptors (Lipinski definition) is 4. The molecule has 0 bridgehead atoms. The number of halogens is 1. The van der Waals surface area contributed by atoms with Gasteiger partial charge in [0.2, 0.25) is 0 Å². The molecular formula is C20H29IN4O2. The van der Waals surface area contributed by atoms with Crippen molar-refractivity contribution < 1.29 is 9.26 Å². The van der Waals surface area contributed by atoms with Crippen molar-refractivity contribution in [1.29, 1.82) is 0 Å². The van der Waals surface area contributed by atoms with Crippen molar-refractivity contribution in [2.75, 3.05) is 13.7 Å². The molecule has 3 rings (SSSR count).